The largest absolute Gasteiger partial charge is 0.328 e. The van der Waals surface area contributed by atoms with E-state index in [1.54, 1.807) is 39.8 Å². The molecule has 0 aliphatic carbocycles. The summed E-state index contributed by atoms with van der Waals surface area (Å²) in [6, 6.07) is 31.5. The van der Waals surface area contributed by atoms with Gasteiger partial charge in [0.1, 0.15) is 5.82 Å². The molecule has 0 fully saturated rings. The van der Waals surface area contributed by atoms with Crippen molar-refractivity contribution in [1.82, 2.24) is 14.5 Å². The summed E-state index contributed by atoms with van der Waals surface area (Å²) in [5.74, 6) is 0.359. The topological polar surface area (TPSA) is 55.2 Å². The van der Waals surface area contributed by atoms with Gasteiger partial charge >= 0.3 is 0 Å². The first-order chi connectivity index (χ1) is 18.4. The zero-order chi connectivity index (χ0) is 26.6. The summed E-state index contributed by atoms with van der Waals surface area (Å²) < 4.78 is 1.64. The van der Waals surface area contributed by atoms with E-state index in [-0.39, 0.29) is 11.5 Å². The molecule has 1 aromatic heterocycles. The van der Waals surface area contributed by atoms with Gasteiger partial charge in [-0.25, -0.2) is 4.98 Å². The standard InChI is InChI=1S/C32H28ClN3O2/c1-22-9-8-12-27(21-22)36-30(34-29-14-7-6-13-28(29)32(36)38)23(2)35(20-19-24-10-4-3-5-11-24)31(37)25-15-17-26(33)18-16-25/h3-18,21,23H,19-20H2,1-2H3. The average molecular weight is 522 g/mol. The van der Waals surface area contributed by atoms with Crippen LogP contribution in [0.5, 0.6) is 0 Å². The number of carbonyl (C=O) groups excluding carboxylic acids is 1. The van der Waals surface area contributed by atoms with Crippen LogP contribution < -0.4 is 5.56 Å². The van der Waals surface area contributed by atoms with E-state index >= 15 is 0 Å². The van der Waals surface area contributed by atoms with E-state index < -0.39 is 6.04 Å². The molecule has 0 aliphatic heterocycles. The van der Waals surface area contributed by atoms with Crippen LogP contribution in [0.25, 0.3) is 16.6 Å². The van der Waals surface area contributed by atoms with Crippen LogP contribution in [-0.2, 0) is 6.42 Å². The lowest BCUT2D eigenvalue weighted by atomic mass is 10.1. The van der Waals surface area contributed by atoms with Gasteiger partial charge in [-0.05, 0) is 79.9 Å². The Labute approximate surface area is 227 Å². The number of hydrogen-bond acceptors (Lipinski definition) is 3. The van der Waals surface area contributed by atoms with Gasteiger partial charge in [-0.15, -0.1) is 0 Å². The Morgan fingerprint density at radius 3 is 2.37 bits per heavy atom. The van der Waals surface area contributed by atoms with Crippen molar-refractivity contribution in [3.63, 3.8) is 0 Å². The van der Waals surface area contributed by atoms with Crippen molar-refractivity contribution in [2.75, 3.05) is 6.54 Å². The molecule has 1 unspecified atom stereocenters. The highest BCUT2D eigenvalue weighted by Crippen LogP contribution is 2.26. The monoisotopic (exact) mass is 521 g/mol. The molecule has 0 N–H and O–H groups in total. The molecular formula is C32H28ClN3O2. The summed E-state index contributed by atoms with van der Waals surface area (Å²) in [6.45, 7) is 4.37. The molecule has 4 aromatic carbocycles. The van der Waals surface area contributed by atoms with Crippen molar-refractivity contribution < 1.29 is 4.79 Å². The Bertz CT molecular complexity index is 1650. The highest BCUT2D eigenvalue weighted by atomic mass is 35.5. The van der Waals surface area contributed by atoms with Gasteiger partial charge in [-0.1, -0.05) is 66.2 Å². The van der Waals surface area contributed by atoms with E-state index in [9.17, 15) is 9.59 Å². The van der Waals surface area contributed by atoms with Crippen molar-refractivity contribution in [2.24, 2.45) is 0 Å². The van der Waals surface area contributed by atoms with Crippen LogP contribution in [0.15, 0.2) is 108 Å². The molecule has 6 heteroatoms. The van der Waals surface area contributed by atoms with Gasteiger partial charge in [0.15, 0.2) is 0 Å². The number of hydrogen-bond donors (Lipinski definition) is 0. The number of nitrogens with zero attached hydrogens (tertiary/aromatic N) is 3. The molecule has 0 saturated heterocycles. The molecule has 0 aliphatic rings. The fourth-order valence-corrected chi connectivity index (χ4v) is 4.84. The van der Waals surface area contributed by atoms with Crippen LogP contribution in [0, 0.1) is 6.92 Å². The van der Waals surface area contributed by atoms with E-state index in [0.29, 0.717) is 40.3 Å². The number of amides is 1. The Morgan fingerprint density at radius 2 is 1.63 bits per heavy atom. The molecular weight excluding hydrogens is 494 g/mol. The summed E-state index contributed by atoms with van der Waals surface area (Å²) in [5.41, 5.74) is 3.84. The predicted octanol–water partition coefficient (Wildman–Crippen LogP) is 6.79. The summed E-state index contributed by atoms with van der Waals surface area (Å²) >= 11 is 6.10. The third-order valence-corrected chi connectivity index (χ3v) is 6.99. The normalized spacial score (nSPS) is 11.9. The Kier molecular flexibility index (Phi) is 7.38. The van der Waals surface area contributed by atoms with Crippen LogP contribution in [0.4, 0.5) is 0 Å². The van der Waals surface area contributed by atoms with Crippen molar-refractivity contribution in [2.45, 2.75) is 26.3 Å². The first-order valence-corrected chi connectivity index (χ1v) is 13.0. The summed E-state index contributed by atoms with van der Waals surface area (Å²) in [4.78, 5) is 34.5. The number of halogens is 1. The quantitative estimate of drug-likeness (QED) is 0.237. The highest BCUT2D eigenvalue weighted by molar-refractivity contribution is 6.30. The highest BCUT2D eigenvalue weighted by Gasteiger charge is 2.27. The molecule has 190 valence electrons. The minimum absolute atomic E-state index is 0.150. The van der Waals surface area contributed by atoms with E-state index in [1.807, 2.05) is 86.6 Å². The second-order valence-electron chi connectivity index (χ2n) is 9.38. The SMILES string of the molecule is Cc1cccc(-n2c(C(C)N(CCc3ccccc3)C(=O)c3ccc(Cl)cc3)nc3ccccc3c2=O)c1. The van der Waals surface area contributed by atoms with Crippen molar-refractivity contribution in [3.05, 3.63) is 141 Å². The fraction of sp³-hybridized carbons (Fsp3) is 0.156. The predicted molar refractivity (Wildman–Crippen MR) is 153 cm³/mol. The lowest BCUT2D eigenvalue weighted by Crippen LogP contribution is -2.38. The lowest BCUT2D eigenvalue weighted by molar-refractivity contribution is 0.0683. The average Bonchev–Trinajstić information content (AvgIpc) is 2.94. The molecule has 1 heterocycles. The van der Waals surface area contributed by atoms with Crippen molar-refractivity contribution >= 4 is 28.4 Å². The zero-order valence-electron chi connectivity index (χ0n) is 21.3. The van der Waals surface area contributed by atoms with Gasteiger partial charge in [0.05, 0.1) is 22.6 Å². The number of fused-ring (bicyclic) bond motifs is 1. The second-order valence-corrected chi connectivity index (χ2v) is 9.82. The van der Waals surface area contributed by atoms with Gasteiger partial charge in [0.25, 0.3) is 11.5 Å². The molecule has 5 aromatic rings. The molecule has 38 heavy (non-hydrogen) atoms. The summed E-state index contributed by atoms with van der Waals surface area (Å²) in [5, 5.41) is 1.10. The summed E-state index contributed by atoms with van der Waals surface area (Å²) in [6.07, 6.45) is 0.659. The number of rotatable bonds is 7. The maximum absolute atomic E-state index is 13.9. The molecule has 1 amide bonds. The van der Waals surface area contributed by atoms with Gasteiger partial charge in [0, 0.05) is 17.1 Å². The molecule has 0 radical (unpaired) electrons. The van der Waals surface area contributed by atoms with Crippen LogP contribution in [-0.4, -0.2) is 26.9 Å². The van der Waals surface area contributed by atoms with E-state index in [1.165, 1.54) is 0 Å². The molecule has 5 nitrogen and oxygen atoms in total. The maximum atomic E-state index is 13.9. The number of aromatic nitrogens is 2. The molecule has 0 saturated carbocycles. The Hall–Kier alpha value is -4.22. The van der Waals surface area contributed by atoms with Crippen LogP contribution in [0.1, 0.15) is 40.3 Å². The molecule has 5 rings (SSSR count). The van der Waals surface area contributed by atoms with Gasteiger partial charge < -0.3 is 4.90 Å². The van der Waals surface area contributed by atoms with Crippen LogP contribution >= 0.6 is 11.6 Å². The van der Waals surface area contributed by atoms with Crippen molar-refractivity contribution in [3.8, 4) is 5.69 Å². The van der Waals surface area contributed by atoms with Crippen LogP contribution in [0.2, 0.25) is 5.02 Å². The summed E-state index contributed by atoms with van der Waals surface area (Å²) in [7, 11) is 0. The van der Waals surface area contributed by atoms with Gasteiger partial charge in [0.2, 0.25) is 0 Å². The van der Waals surface area contributed by atoms with Gasteiger partial charge in [-0.3, -0.25) is 14.2 Å². The molecule has 0 spiro atoms. The van der Waals surface area contributed by atoms with Crippen molar-refractivity contribution in [1.29, 1.82) is 0 Å². The zero-order valence-corrected chi connectivity index (χ0v) is 22.1. The number of benzene rings is 4. The van der Waals surface area contributed by atoms with Crippen LogP contribution in [0.3, 0.4) is 0 Å². The maximum Gasteiger partial charge on any atom is 0.266 e. The number of carbonyl (C=O) groups is 1. The first kappa shape index (κ1) is 25.4. The molecule has 0 bridgehead atoms. The van der Waals surface area contributed by atoms with Gasteiger partial charge in [-0.2, -0.15) is 0 Å². The van der Waals surface area contributed by atoms with E-state index in [4.69, 9.17) is 16.6 Å². The Morgan fingerprint density at radius 1 is 0.921 bits per heavy atom. The third-order valence-electron chi connectivity index (χ3n) is 6.74. The number of aryl methyl sites for hydroxylation is 1. The smallest absolute Gasteiger partial charge is 0.266 e. The Balaban J connectivity index is 1.65. The first-order valence-electron chi connectivity index (χ1n) is 12.6. The molecule has 1 atom stereocenters. The second kappa shape index (κ2) is 11.0. The fourth-order valence-electron chi connectivity index (χ4n) is 4.71. The minimum atomic E-state index is -0.500. The minimum Gasteiger partial charge on any atom is -0.328 e. The third kappa shape index (κ3) is 5.24. The number of para-hydroxylation sites is 1. The lowest BCUT2D eigenvalue weighted by Gasteiger charge is -2.31. The van der Waals surface area contributed by atoms with E-state index in [0.717, 1.165) is 16.8 Å². The van der Waals surface area contributed by atoms with E-state index in [2.05, 4.69) is 0 Å².